The highest BCUT2D eigenvalue weighted by molar-refractivity contribution is 5.94. The number of anilines is 1. The SMILES string of the molecule is CC(=O)c1ccc(N(C)CCC#N)c(F)c1. The lowest BCUT2D eigenvalue weighted by Crippen LogP contribution is -2.19. The summed E-state index contributed by atoms with van der Waals surface area (Å²) < 4.78 is 13.6. The lowest BCUT2D eigenvalue weighted by Gasteiger charge is -2.18. The van der Waals surface area contributed by atoms with E-state index in [4.69, 9.17) is 5.26 Å². The Kier molecular flexibility index (Phi) is 4.01. The molecule has 0 aliphatic heterocycles. The van der Waals surface area contributed by atoms with Gasteiger partial charge in [-0.2, -0.15) is 5.26 Å². The third-order valence-electron chi connectivity index (χ3n) is 2.32. The van der Waals surface area contributed by atoms with Crippen molar-refractivity contribution >= 4 is 11.5 Å². The molecule has 0 bridgehead atoms. The van der Waals surface area contributed by atoms with Gasteiger partial charge in [0.15, 0.2) is 5.78 Å². The molecular weight excluding hydrogens is 207 g/mol. The van der Waals surface area contributed by atoms with Crippen molar-refractivity contribution in [3.05, 3.63) is 29.6 Å². The van der Waals surface area contributed by atoms with E-state index in [0.29, 0.717) is 24.2 Å². The molecule has 3 nitrogen and oxygen atoms in total. The van der Waals surface area contributed by atoms with Crippen molar-refractivity contribution in [1.82, 2.24) is 0 Å². The first-order valence-electron chi connectivity index (χ1n) is 4.95. The van der Waals surface area contributed by atoms with Gasteiger partial charge >= 0.3 is 0 Å². The molecule has 84 valence electrons. The lowest BCUT2D eigenvalue weighted by molar-refractivity contribution is 0.101. The zero-order valence-corrected chi connectivity index (χ0v) is 9.33. The molecule has 0 radical (unpaired) electrons. The van der Waals surface area contributed by atoms with Gasteiger partial charge in [-0.25, -0.2) is 4.39 Å². The number of ketones is 1. The summed E-state index contributed by atoms with van der Waals surface area (Å²) in [6.45, 7) is 1.86. The zero-order valence-electron chi connectivity index (χ0n) is 9.33. The highest BCUT2D eigenvalue weighted by atomic mass is 19.1. The highest BCUT2D eigenvalue weighted by Gasteiger charge is 2.09. The van der Waals surface area contributed by atoms with Crippen LogP contribution in [0.15, 0.2) is 18.2 Å². The van der Waals surface area contributed by atoms with E-state index in [0.717, 1.165) is 0 Å². The van der Waals surface area contributed by atoms with Gasteiger partial charge < -0.3 is 4.90 Å². The van der Waals surface area contributed by atoms with Crippen molar-refractivity contribution in [2.45, 2.75) is 13.3 Å². The fourth-order valence-electron chi connectivity index (χ4n) is 1.37. The Balaban J connectivity index is 2.91. The van der Waals surface area contributed by atoms with Crippen LogP contribution in [0.2, 0.25) is 0 Å². The van der Waals surface area contributed by atoms with Gasteiger partial charge in [-0.05, 0) is 25.1 Å². The summed E-state index contributed by atoms with van der Waals surface area (Å²) in [7, 11) is 1.71. The minimum Gasteiger partial charge on any atom is -0.371 e. The molecule has 0 amide bonds. The van der Waals surface area contributed by atoms with E-state index in [1.54, 1.807) is 24.1 Å². The van der Waals surface area contributed by atoms with Crippen LogP contribution < -0.4 is 4.90 Å². The molecule has 0 aromatic heterocycles. The summed E-state index contributed by atoms with van der Waals surface area (Å²) in [5, 5.41) is 8.43. The second-order valence-corrected chi connectivity index (χ2v) is 3.55. The second kappa shape index (κ2) is 5.26. The molecule has 0 spiro atoms. The van der Waals surface area contributed by atoms with E-state index in [-0.39, 0.29) is 5.78 Å². The van der Waals surface area contributed by atoms with Gasteiger partial charge in [0.1, 0.15) is 5.82 Å². The third kappa shape index (κ3) is 2.80. The Hall–Kier alpha value is -1.89. The molecule has 0 saturated carbocycles. The molecule has 0 aliphatic rings. The predicted octanol–water partition coefficient (Wildman–Crippen LogP) is 2.38. The van der Waals surface area contributed by atoms with Crippen LogP contribution in [0.1, 0.15) is 23.7 Å². The number of nitrogens with zero attached hydrogens (tertiary/aromatic N) is 2. The number of Topliss-reactive ketones (excluding diaryl/α,β-unsaturated/α-hetero) is 1. The largest absolute Gasteiger partial charge is 0.371 e. The van der Waals surface area contributed by atoms with Gasteiger partial charge in [0, 0.05) is 19.2 Å². The number of hydrogen-bond acceptors (Lipinski definition) is 3. The lowest BCUT2D eigenvalue weighted by atomic mass is 10.1. The number of nitriles is 1. The molecule has 0 aliphatic carbocycles. The number of halogens is 1. The Morgan fingerprint density at radius 3 is 2.75 bits per heavy atom. The first-order chi connectivity index (χ1) is 7.56. The van der Waals surface area contributed by atoms with Gasteiger partial charge in [-0.1, -0.05) is 0 Å². The summed E-state index contributed by atoms with van der Waals surface area (Å²) in [5.41, 5.74) is 0.759. The van der Waals surface area contributed by atoms with E-state index in [1.807, 2.05) is 6.07 Å². The Bertz CT molecular complexity index is 437. The van der Waals surface area contributed by atoms with Crippen LogP contribution in [0.5, 0.6) is 0 Å². The summed E-state index contributed by atoms with van der Waals surface area (Å²) in [5.74, 6) is -0.599. The second-order valence-electron chi connectivity index (χ2n) is 3.55. The van der Waals surface area contributed by atoms with E-state index in [9.17, 15) is 9.18 Å². The van der Waals surface area contributed by atoms with E-state index >= 15 is 0 Å². The highest BCUT2D eigenvalue weighted by Crippen LogP contribution is 2.19. The predicted molar refractivity (Wildman–Crippen MR) is 59.9 cm³/mol. The number of rotatable bonds is 4. The topological polar surface area (TPSA) is 44.1 Å². The Labute approximate surface area is 94.1 Å². The van der Waals surface area contributed by atoms with E-state index < -0.39 is 5.82 Å². The molecule has 0 fully saturated rings. The maximum absolute atomic E-state index is 13.6. The first-order valence-corrected chi connectivity index (χ1v) is 4.95. The van der Waals surface area contributed by atoms with Crippen LogP contribution in [0.25, 0.3) is 0 Å². The standard InChI is InChI=1S/C12H13FN2O/c1-9(16)10-4-5-12(11(13)8-10)15(2)7-3-6-14/h4-5,8H,3,7H2,1-2H3. The molecule has 1 rings (SSSR count). The molecule has 0 heterocycles. The molecule has 0 saturated heterocycles. The molecule has 4 heteroatoms. The van der Waals surface area contributed by atoms with Gasteiger partial charge in [0.25, 0.3) is 0 Å². The molecule has 0 N–H and O–H groups in total. The van der Waals surface area contributed by atoms with Crippen molar-refractivity contribution in [1.29, 1.82) is 5.26 Å². The number of benzene rings is 1. The van der Waals surface area contributed by atoms with Crippen molar-refractivity contribution < 1.29 is 9.18 Å². The first kappa shape index (κ1) is 12.2. The third-order valence-corrected chi connectivity index (χ3v) is 2.32. The average Bonchev–Trinajstić information content (AvgIpc) is 2.25. The van der Waals surface area contributed by atoms with Crippen LogP contribution >= 0.6 is 0 Å². The zero-order chi connectivity index (χ0) is 12.1. The average molecular weight is 220 g/mol. The summed E-state index contributed by atoms with van der Waals surface area (Å²) in [6.07, 6.45) is 0.338. The molecule has 0 unspecified atom stereocenters. The van der Waals surface area contributed by atoms with Crippen LogP contribution in [-0.2, 0) is 0 Å². The molecule has 16 heavy (non-hydrogen) atoms. The number of carbonyl (C=O) groups excluding carboxylic acids is 1. The maximum atomic E-state index is 13.6. The van der Waals surface area contributed by atoms with Gasteiger partial charge in [0.2, 0.25) is 0 Å². The van der Waals surface area contributed by atoms with Crippen molar-refractivity contribution in [2.24, 2.45) is 0 Å². The summed E-state index contributed by atoms with van der Waals surface area (Å²) in [6, 6.07) is 6.37. The van der Waals surface area contributed by atoms with Crippen LogP contribution in [0.3, 0.4) is 0 Å². The molecule has 0 atom stereocenters. The summed E-state index contributed by atoms with van der Waals surface area (Å²) >= 11 is 0. The fraction of sp³-hybridized carbons (Fsp3) is 0.333. The number of hydrogen-bond donors (Lipinski definition) is 0. The van der Waals surface area contributed by atoms with Gasteiger partial charge in [0.05, 0.1) is 18.2 Å². The van der Waals surface area contributed by atoms with Crippen molar-refractivity contribution in [3.8, 4) is 6.07 Å². The quantitative estimate of drug-likeness (QED) is 0.732. The Morgan fingerprint density at radius 2 is 2.25 bits per heavy atom. The molecular formula is C12H13FN2O. The summed E-state index contributed by atoms with van der Waals surface area (Å²) in [4.78, 5) is 12.7. The van der Waals surface area contributed by atoms with Gasteiger partial charge in [-0.15, -0.1) is 0 Å². The van der Waals surface area contributed by atoms with Crippen LogP contribution in [0.4, 0.5) is 10.1 Å². The minimum absolute atomic E-state index is 0.162. The maximum Gasteiger partial charge on any atom is 0.159 e. The normalized spacial score (nSPS) is 9.62. The molecule has 1 aromatic carbocycles. The van der Waals surface area contributed by atoms with Gasteiger partial charge in [-0.3, -0.25) is 4.79 Å². The molecule has 1 aromatic rings. The van der Waals surface area contributed by atoms with E-state index in [1.165, 1.54) is 13.0 Å². The monoisotopic (exact) mass is 220 g/mol. The number of carbonyl (C=O) groups is 1. The van der Waals surface area contributed by atoms with Crippen molar-refractivity contribution in [3.63, 3.8) is 0 Å². The smallest absolute Gasteiger partial charge is 0.159 e. The Morgan fingerprint density at radius 1 is 1.56 bits per heavy atom. The van der Waals surface area contributed by atoms with Crippen molar-refractivity contribution in [2.75, 3.05) is 18.5 Å². The fourth-order valence-corrected chi connectivity index (χ4v) is 1.37. The van der Waals surface area contributed by atoms with Crippen LogP contribution in [-0.4, -0.2) is 19.4 Å². The minimum atomic E-state index is -0.437. The van der Waals surface area contributed by atoms with E-state index in [2.05, 4.69) is 0 Å². The van der Waals surface area contributed by atoms with Crippen LogP contribution in [0, 0.1) is 17.1 Å².